The molecule has 0 radical (unpaired) electrons. The van der Waals surface area contributed by atoms with Gasteiger partial charge in [0.25, 0.3) is 11.8 Å². The van der Waals surface area contributed by atoms with Crippen LogP contribution in [0.5, 0.6) is 5.75 Å². The highest BCUT2D eigenvalue weighted by Crippen LogP contribution is 2.35. The molecular formula is C33H35N5O5S. The number of fused-ring (bicyclic) bond motifs is 1. The minimum absolute atomic E-state index is 0.204. The van der Waals surface area contributed by atoms with Crippen LogP contribution in [0.2, 0.25) is 0 Å². The lowest BCUT2D eigenvalue weighted by molar-refractivity contribution is 0.0372. The van der Waals surface area contributed by atoms with Crippen LogP contribution in [0.1, 0.15) is 34.6 Å². The first-order valence-electron chi connectivity index (χ1n) is 14.3. The van der Waals surface area contributed by atoms with E-state index in [1.54, 1.807) is 67.5 Å². The van der Waals surface area contributed by atoms with Gasteiger partial charge in [-0.3, -0.25) is 9.59 Å². The zero-order valence-corrected chi connectivity index (χ0v) is 25.6. The molecule has 10 nitrogen and oxygen atoms in total. The van der Waals surface area contributed by atoms with E-state index in [2.05, 4.69) is 15.6 Å². The molecule has 1 aromatic heterocycles. The first-order chi connectivity index (χ1) is 21.2. The van der Waals surface area contributed by atoms with Crippen LogP contribution in [0.4, 0.5) is 16.2 Å². The summed E-state index contributed by atoms with van der Waals surface area (Å²) >= 11 is 1.51. The molecule has 3 N–H and O–H groups in total. The molecule has 0 saturated heterocycles. The number of carbonyl (C=O) groups excluding carboxylic acids is 3. The molecule has 11 heteroatoms. The molecule has 1 aliphatic heterocycles. The molecule has 0 spiro atoms. The van der Waals surface area contributed by atoms with Crippen molar-refractivity contribution in [2.45, 2.75) is 26.0 Å². The summed E-state index contributed by atoms with van der Waals surface area (Å²) in [4.78, 5) is 47.6. The molecule has 3 aromatic carbocycles. The fraction of sp³-hybridized carbons (Fsp3) is 0.273. The fourth-order valence-corrected chi connectivity index (χ4v) is 5.62. The lowest BCUT2D eigenvalue weighted by Gasteiger charge is -2.38. The predicted molar refractivity (Wildman–Crippen MR) is 171 cm³/mol. The molecule has 4 aromatic rings. The van der Waals surface area contributed by atoms with Crippen LogP contribution in [-0.4, -0.2) is 76.6 Å². The van der Waals surface area contributed by atoms with Gasteiger partial charge in [-0.05, 0) is 43.3 Å². The second-order valence-corrected chi connectivity index (χ2v) is 11.7. The number of hydrogen-bond donors (Lipinski definition) is 3. The maximum atomic E-state index is 13.8. The van der Waals surface area contributed by atoms with Crippen LogP contribution >= 0.6 is 11.3 Å². The molecule has 4 amide bonds. The topological polar surface area (TPSA) is 124 Å². The van der Waals surface area contributed by atoms with Crippen molar-refractivity contribution in [2.24, 2.45) is 5.92 Å². The van der Waals surface area contributed by atoms with E-state index >= 15 is 0 Å². The molecule has 0 saturated carbocycles. The molecule has 228 valence electrons. The summed E-state index contributed by atoms with van der Waals surface area (Å²) < 4.78 is 6.54. The van der Waals surface area contributed by atoms with Crippen molar-refractivity contribution in [2.75, 3.05) is 37.4 Å². The number of para-hydroxylation sites is 2. The summed E-state index contributed by atoms with van der Waals surface area (Å²) in [5.74, 6) is -0.693. The maximum absolute atomic E-state index is 13.8. The van der Waals surface area contributed by atoms with E-state index in [1.165, 1.54) is 16.2 Å². The van der Waals surface area contributed by atoms with E-state index in [1.807, 2.05) is 42.6 Å². The normalized spacial score (nSPS) is 17.0. The first-order valence-corrected chi connectivity index (χ1v) is 15.2. The van der Waals surface area contributed by atoms with E-state index in [0.717, 1.165) is 10.6 Å². The Bertz CT molecular complexity index is 1600. The van der Waals surface area contributed by atoms with Gasteiger partial charge < -0.3 is 30.3 Å². The molecule has 44 heavy (non-hydrogen) atoms. The number of benzene rings is 3. The second kappa shape index (κ2) is 13.7. The summed E-state index contributed by atoms with van der Waals surface area (Å²) in [5, 5.41) is 18.5. The van der Waals surface area contributed by atoms with E-state index in [0.29, 0.717) is 23.5 Å². The number of carbonyl (C=O) groups is 3. The molecule has 3 atom stereocenters. The standard InChI is InChI=1S/C33H35N5O5S/c1-21-18-38(22(2)20-39)32(41)26-10-7-11-27(36-30(40)23-12-14-24(15-13-23)31-34-16-17-44-31)29(26)43-28(21)19-37(3)33(42)35-25-8-5-4-6-9-25/h4-17,21-22,28,39H,18-20H2,1-3H3,(H,35,42)(H,36,40)/t21-,22+,28+/m0/s1. The van der Waals surface area contributed by atoms with Crippen LogP contribution < -0.4 is 15.4 Å². The molecule has 5 rings (SSSR count). The predicted octanol–water partition coefficient (Wildman–Crippen LogP) is 5.45. The smallest absolute Gasteiger partial charge is 0.321 e. The molecular weight excluding hydrogens is 578 g/mol. The van der Waals surface area contributed by atoms with Crippen molar-refractivity contribution in [3.8, 4) is 16.3 Å². The van der Waals surface area contributed by atoms with E-state index in [-0.39, 0.29) is 48.2 Å². The summed E-state index contributed by atoms with van der Waals surface area (Å²) in [6, 6.07) is 20.5. The number of nitrogens with zero attached hydrogens (tertiary/aromatic N) is 3. The van der Waals surface area contributed by atoms with Crippen molar-refractivity contribution in [1.29, 1.82) is 0 Å². The lowest BCUT2D eigenvalue weighted by Crippen LogP contribution is -2.50. The van der Waals surface area contributed by atoms with E-state index < -0.39 is 12.1 Å². The van der Waals surface area contributed by atoms with Crippen molar-refractivity contribution in [3.05, 3.63) is 95.5 Å². The highest BCUT2D eigenvalue weighted by atomic mass is 32.1. The Morgan fingerprint density at radius 2 is 1.84 bits per heavy atom. The summed E-state index contributed by atoms with van der Waals surface area (Å²) in [5.41, 5.74) is 2.59. The van der Waals surface area contributed by atoms with Gasteiger partial charge in [0.05, 0.1) is 30.4 Å². The SMILES string of the molecule is C[C@H](CO)N1C[C@H](C)[C@@H](CN(C)C(=O)Nc2ccccc2)Oc2c(NC(=O)c3ccc(-c4nccs4)cc3)cccc2C1=O. The largest absolute Gasteiger partial charge is 0.485 e. The Kier molecular flexibility index (Phi) is 9.56. The molecule has 0 aliphatic carbocycles. The second-order valence-electron chi connectivity index (χ2n) is 10.9. The average Bonchev–Trinajstić information content (AvgIpc) is 3.58. The van der Waals surface area contributed by atoms with Crippen LogP contribution in [-0.2, 0) is 0 Å². The van der Waals surface area contributed by atoms with Gasteiger partial charge in [-0.2, -0.15) is 0 Å². The Morgan fingerprint density at radius 3 is 2.52 bits per heavy atom. The van der Waals surface area contributed by atoms with Crippen LogP contribution in [0.3, 0.4) is 0 Å². The molecule has 0 fully saturated rings. The number of hydrogen-bond acceptors (Lipinski definition) is 7. The highest BCUT2D eigenvalue weighted by molar-refractivity contribution is 7.13. The number of rotatable bonds is 8. The number of aliphatic hydroxyl groups excluding tert-OH is 1. The molecule has 2 heterocycles. The maximum Gasteiger partial charge on any atom is 0.321 e. The lowest BCUT2D eigenvalue weighted by atomic mass is 9.99. The number of aliphatic hydroxyl groups is 1. The number of amides is 4. The number of anilines is 2. The van der Waals surface area contributed by atoms with Gasteiger partial charge in [0.1, 0.15) is 11.1 Å². The minimum atomic E-state index is -0.544. The number of thiazole rings is 1. The van der Waals surface area contributed by atoms with Crippen LogP contribution in [0.25, 0.3) is 10.6 Å². The Hall–Kier alpha value is -4.74. The van der Waals surface area contributed by atoms with E-state index in [4.69, 9.17) is 4.74 Å². The van der Waals surface area contributed by atoms with Crippen LogP contribution in [0.15, 0.2) is 84.4 Å². The third-order valence-corrected chi connectivity index (χ3v) is 8.41. The number of ether oxygens (including phenoxy) is 1. The van der Waals surface area contributed by atoms with Crippen molar-refractivity contribution < 1.29 is 24.2 Å². The van der Waals surface area contributed by atoms with Gasteiger partial charge in [0, 0.05) is 47.9 Å². The third kappa shape index (κ3) is 6.90. The van der Waals surface area contributed by atoms with Gasteiger partial charge in [0.2, 0.25) is 0 Å². The van der Waals surface area contributed by atoms with Gasteiger partial charge in [-0.25, -0.2) is 9.78 Å². The Morgan fingerprint density at radius 1 is 1.09 bits per heavy atom. The van der Waals surface area contributed by atoms with Crippen LogP contribution in [0, 0.1) is 5.92 Å². The minimum Gasteiger partial charge on any atom is -0.485 e. The number of nitrogens with one attached hydrogen (secondary N) is 2. The van der Waals surface area contributed by atoms with Gasteiger partial charge in [-0.1, -0.05) is 43.3 Å². The van der Waals surface area contributed by atoms with Crippen molar-refractivity contribution >= 4 is 40.6 Å². The number of urea groups is 1. The first kappa shape index (κ1) is 30.7. The fourth-order valence-electron chi connectivity index (χ4n) is 4.98. The number of aromatic nitrogens is 1. The average molecular weight is 614 g/mol. The van der Waals surface area contributed by atoms with Gasteiger partial charge in [-0.15, -0.1) is 11.3 Å². The monoisotopic (exact) mass is 613 g/mol. The zero-order valence-electron chi connectivity index (χ0n) is 24.8. The summed E-state index contributed by atoms with van der Waals surface area (Å²) in [6.07, 6.45) is 1.19. The Balaban J connectivity index is 1.42. The summed E-state index contributed by atoms with van der Waals surface area (Å²) in [7, 11) is 1.68. The molecule has 0 bridgehead atoms. The summed E-state index contributed by atoms with van der Waals surface area (Å²) in [6.45, 7) is 4.01. The van der Waals surface area contributed by atoms with Crippen molar-refractivity contribution in [3.63, 3.8) is 0 Å². The van der Waals surface area contributed by atoms with Crippen molar-refractivity contribution in [1.82, 2.24) is 14.8 Å². The highest BCUT2D eigenvalue weighted by Gasteiger charge is 2.35. The number of likely N-dealkylation sites (N-methyl/N-ethyl adjacent to an activating group) is 1. The zero-order chi connectivity index (χ0) is 31.2. The Labute approximate surface area is 260 Å². The van der Waals surface area contributed by atoms with Gasteiger partial charge >= 0.3 is 6.03 Å². The molecule has 0 unspecified atom stereocenters. The quantitative estimate of drug-likeness (QED) is 0.243. The van der Waals surface area contributed by atoms with Gasteiger partial charge in [0.15, 0.2) is 5.75 Å². The third-order valence-electron chi connectivity index (χ3n) is 7.59. The van der Waals surface area contributed by atoms with E-state index in [9.17, 15) is 19.5 Å². The molecule has 1 aliphatic rings.